The molecule has 0 unspecified atom stereocenters. The van der Waals surface area contributed by atoms with Crippen LogP contribution >= 0.6 is 23.2 Å². The summed E-state index contributed by atoms with van der Waals surface area (Å²) in [5.74, 6) is -2.18. The van der Waals surface area contributed by atoms with Crippen molar-refractivity contribution >= 4 is 40.6 Å². The van der Waals surface area contributed by atoms with Crippen molar-refractivity contribution in [2.75, 3.05) is 12.4 Å². The van der Waals surface area contributed by atoms with Gasteiger partial charge in [0.2, 0.25) is 0 Å². The zero-order chi connectivity index (χ0) is 17.7. The monoisotopic (exact) mass is 365 g/mol. The van der Waals surface area contributed by atoms with Crippen molar-refractivity contribution in [3.8, 4) is 0 Å². The van der Waals surface area contributed by atoms with Crippen molar-refractivity contribution in [2.24, 2.45) is 5.92 Å². The number of carboxylic acids is 1. The van der Waals surface area contributed by atoms with Crippen LogP contribution in [0.3, 0.4) is 0 Å². The van der Waals surface area contributed by atoms with Crippen molar-refractivity contribution in [3.05, 3.63) is 63.6 Å². The second-order valence-electron chi connectivity index (χ2n) is 5.44. The minimum absolute atomic E-state index is 0.140. The largest absolute Gasteiger partial charge is 0.481 e. The molecule has 0 heterocycles. The predicted molar refractivity (Wildman–Crippen MR) is 96.2 cm³/mol. The van der Waals surface area contributed by atoms with E-state index in [0.29, 0.717) is 5.02 Å². The smallest absolute Gasteiger partial charge is 0.307 e. The number of rotatable bonds is 7. The average molecular weight is 366 g/mol. The Hall–Kier alpha value is -2.04. The standard InChI is InChI=1S/C18H17Cl2NO3/c1-21-14-4-2-3-11(8-14)7-12(18(23)24)9-17(22)15-10-13(19)5-6-16(15)20/h2-6,8,10,12,21H,7,9H2,1H3,(H,23,24)/t12-/m1/s1. The molecule has 2 N–H and O–H groups in total. The fourth-order valence-electron chi connectivity index (χ4n) is 2.43. The molecular formula is C18H17Cl2NO3. The number of hydrogen-bond donors (Lipinski definition) is 2. The van der Waals surface area contributed by atoms with Crippen molar-refractivity contribution in [1.82, 2.24) is 0 Å². The van der Waals surface area contributed by atoms with Gasteiger partial charge in [-0.05, 0) is 42.3 Å². The maximum Gasteiger partial charge on any atom is 0.307 e. The highest BCUT2D eigenvalue weighted by molar-refractivity contribution is 6.35. The highest BCUT2D eigenvalue weighted by Crippen LogP contribution is 2.25. The van der Waals surface area contributed by atoms with Crippen LogP contribution in [0.25, 0.3) is 0 Å². The van der Waals surface area contributed by atoms with Gasteiger partial charge in [-0.15, -0.1) is 0 Å². The highest BCUT2D eigenvalue weighted by atomic mass is 35.5. The molecule has 0 fully saturated rings. The number of Topliss-reactive ketones (excluding diaryl/α,β-unsaturated/α-hetero) is 1. The number of aliphatic carboxylic acids is 1. The second kappa shape index (κ2) is 8.18. The third-order valence-corrected chi connectivity index (χ3v) is 4.27. The van der Waals surface area contributed by atoms with Crippen molar-refractivity contribution in [1.29, 1.82) is 0 Å². The van der Waals surface area contributed by atoms with Crippen LogP contribution < -0.4 is 5.32 Å². The number of anilines is 1. The van der Waals surface area contributed by atoms with Crippen molar-refractivity contribution in [2.45, 2.75) is 12.8 Å². The zero-order valence-electron chi connectivity index (χ0n) is 13.1. The summed E-state index contributed by atoms with van der Waals surface area (Å²) in [5.41, 5.74) is 1.99. The molecule has 2 rings (SSSR count). The Kier molecular flexibility index (Phi) is 6.23. The van der Waals surface area contributed by atoms with Crippen LogP contribution in [0, 0.1) is 5.92 Å². The van der Waals surface area contributed by atoms with Gasteiger partial charge in [-0.1, -0.05) is 35.3 Å². The van der Waals surface area contributed by atoms with Crippen LogP contribution in [0.2, 0.25) is 10.0 Å². The second-order valence-corrected chi connectivity index (χ2v) is 6.28. The predicted octanol–water partition coefficient (Wildman–Crippen LogP) is 4.55. The number of benzene rings is 2. The number of ketones is 1. The molecule has 126 valence electrons. The molecule has 1 atom stereocenters. The summed E-state index contributed by atoms with van der Waals surface area (Å²) in [4.78, 5) is 24.0. The minimum Gasteiger partial charge on any atom is -0.481 e. The van der Waals surface area contributed by atoms with Crippen molar-refractivity contribution < 1.29 is 14.7 Å². The molecule has 2 aromatic rings. The lowest BCUT2D eigenvalue weighted by Gasteiger charge is -2.13. The van der Waals surface area contributed by atoms with Crippen LogP contribution in [0.15, 0.2) is 42.5 Å². The SMILES string of the molecule is CNc1cccc(C[C@H](CC(=O)c2cc(Cl)ccc2Cl)C(=O)O)c1. The molecule has 0 amide bonds. The lowest BCUT2D eigenvalue weighted by atomic mass is 9.92. The summed E-state index contributed by atoms with van der Waals surface area (Å²) in [7, 11) is 1.79. The molecule has 0 aliphatic heterocycles. The fourth-order valence-corrected chi connectivity index (χ4v) is 2.83. The lowest BCUT2D eigenvalue weighted by Crippen LogP contribution is -2.20. The molecule has 0 radical (unpaired) electrons. The van der Waals surface area contributed by atoms with E-state index in [-0.39, 0.29) is 29.2 Å². The van der Waals surface area contributed by atoms with Crippen LogP contribution in [0.4, 0.5) is 5.69 Å². The number of hydrogen-bond acceptors (Lipinski definition) is 3. The Morgan fingerprint density at radius 3 is 2.58 bits per heavy atom. The number of carbonyl (C=O) groups excluding carboxylic acids is 1. The van der Waals surface area contributed by atoms with Gasteiger partial charge in [-0.2, -0.15) is 0 Å². The summed E-state index contributed by atoms with van der Waals surface area (Å²) in [6.07, 6.45) is 0.119. The quantitative estimate of drug-likeness (QED) is 0.706. The summed E-state index contributed by atoms with van der Waals surface area (Å²) < 4.78 is 0. The van der Waals surface area contributed by atoms with Gasteiger partial charge in [0.15, 0.2) is 5.78 Å². The summed E-state index contributed by atoms with van der Waals surface area (Å²) >= 11 is 11.9. The van der Waals surface area contributed by atoms with Gasteiger partial charge in [0.05, 0.1) is 10.9 Å². The van der Waals surface area contributed by atoms with Gasteiger partial charge >= 0.3 is 5.97 Å². The number of carbonyl (C=O) groups is 2. The molecule has 0 spiro atoms. The number of nitrogens with one attached hydrogen (secondary N) is 1. The minimum atomic E-state index is -1.02. The molecular weight excluding hydrogens is 349 g/mol. The van der Waals surface area contributed by atoms with E-state index in [1.54, 1.807) is 13.1 Å². The molecule has 6 heteroatoms. The molecule has 0 aliphatic carbocycles. The van der Waals surface area contributed by atoms with Gasteiger partial charge in [-0.3, -0.25) is 9.59 Å². The number of carboxylic acid groups (broad SMARTS) is 1. The van der Waals surface area contributed by atoms with Gasteiger partial charge in [0, 0.05) is 29.7 Å². The van der Waals surface area contributed by atoms with Crippen LogP contribution in [0.1, 0.15) is 22.3 Å². The number of halogens is 2. The molecule has 24 heavy (non-hydrogen) atoms. The molecule has 0 saturated carbocycles. The van der Waals surface area contributed by atoms with E-state index in [1.807, 2.05) is 24.3 Å². The Morgan fingerprint density at radius 1 is 1.17 bits per heavy atom. The van der Waals surface area contributed by atoms with Crippen molar-refractivity contribution in [3.63, 3.8) is 0 Å². The molecule has 4 nitrogen and oxygen atoms in total. The van der Waals surface area contributed by atoms with Crippen LogP contribution in [-0.2, 0) is 11.2 Å². The van der Waals surface area contributed by atoms with Gasteiger partial charge in [0.25, 0.3) is 0 Å². The van der Waals surface area contributed by atoms with Gasteiger partial charge in [-0.25, -0.2) is 0 Å². The highest BCUT2D eigenvalue weighted by Gasteiger charge is 2.24. The zero-order valence-corrected chi connectivity index (χ0v) is 14.6. The molecule has 0 saturated heterocycles. The Labute approximate surface area is 150 Å². The fraction of sp³-hybridized carbons (Fsp3) is 0.222. The van der Waals surface area contributed by atoms with Gasteiger partial charge < -0.3 is 10.4 Å². The maximum absolute atomic E-state index is 12.4. The van der Waals surface area contributed by atoms with E-state index in [2.05, 4.69) is 5.32 Å². The van der Waals surface area contributed by atoms with Gasteiger partial charge in [0.1, 0.15) is 0 Å². The molecule has 2 aromatic carbocycles. The van der Waals surface area contributed by atoms with E-state index >= 15 is 0 Å². The maximum atomic E-state index is 12.4. The van der Waals surface area contributed by atoms with Crippen LogP contribution in [-0.4, -0.2) is 23.9 Å². The summed E-state index contributed by atoms with van der Waals surface area (Å²) in [6.45, 7) is 0. The lowest BCUT2D eigenvalue weighted by molar-refractivity contribution is -0.141. The molecule has 0 aromatic heterocycles. The van der Waals surface area contributed by atoms with E-state index in [4.69, 9.17) is 23.2 Å². The van der Waals surface area contributed by atoms with E-state index in [1.165, 1.54) is 12.1 Å². The van der Waals surface area contributed by atoms with E-state index in [0.717, 1.165) is 11.3 Å². The third-order valence-electron chi connectivity index (χ3n) is 3.71. The third kappa shape index (κ3) is 4.73. The Balaban J connectivity index is 2.17. The first-order chi connectivity index (χ1) is 11.4. The average Bonchev–Trinajstić information content (AvgIpc) is 2.56. The molecule has 0 bridgehead atoms. The van der Waals surface area contributed by atoms with Crippen LogP contribution in [0.5, 0.6) is 0 Å². The first kappa shape index (κ1) is 18.3. The first-order valence-electron chi connectivity index (χ1n) is 7.38. The van der Waals surface area contributed by atoms with E-state index < -0.39 is 11.9 Å². The van der Waals surface area contributed by atoms with E-state index in [9.17, 15) is 14.7 Å². The summed E-state index contributed by atoms with van der Waals surface area (Å²) in [6, 6.07) is 12.0. The normalized spacial score (nSPS) is 11.8. The Morgan fingerprint density at radius 2 is 1.92 bits per heavy atom. The Bertz CT molecular complexity index is 762. The summed E-state index contributed by atoms with van der Waals surface area (Å²) in [5, 5.41) is 13.1. The molecule has 0 aliphatic rings. The topological polar surface area (TPSA) is 66.4 Å². The first-order valence-corrected chi connectivity index (χ1v) is 8.14.